The summed E-state index contributed by atoms with van der Waals surface area (Å²) in [5, 5.41) is 12.8. The van der Waals surface area contributed by atoms with Crippen molar-refractivity contribution in [3.63, 3.8) is 0 Å². The molecule has 1 fully saturated rings. The van der Waals surface area contributed by atoms with E-state index in [-0.39, 0.29) is 6.03 Å². The van der Waals surface area contributed by atoms with Gasteiger partial charge in [-0.25, -0.2) is 9.78 Å². The number of piperidine rings is 1. The van der Waals surface area contributed by atoms with E-state index in [4.69, 9.17) is 16.3 Å². The second-order valence-electron chi connectivity index (χ2n) is 11.7. The molecule has 11 nitrogen and oxygen atoms in total. The molecule has 3 aromatic heterocycles. The van der Waals surface area contributed by atoms with Crippen molar-refractivity contribution >= 4 is 68.7 Å². The first-order valence-corrected chi connectivity index (χ1v) is 17.0. The molecule has 0 atom stereocenters. The summed E-state index contributed by atoms with van der Waals surface area (Å²) in [6.07, 6.45) is -1.80. The highest BCUT2D eigenvalue weighted by molar-refractivity contribution is 7.14. The number of amides is 2. The summed E-state index contributed by atoms with van der Waals surface area (Å²) in [6.45, 7) is 2.17. The number of hydrogen-bond acceptors (Lipinski definition) is 10. The fourth-order valence-corrected chi connectivity index (χ4v) is 6.04. The lowest BCUT2D eigenvalue weighted by Crippen LogP contribution is -2.41. The van der Waals surface area contributed by atoms with Crippen LogP contribution >= 0.6 is 22.9 Å². The van der Waals surface area contributed by atoms with Crippen LogP contribution in [0.2, 0.25) is 5.02 Å². The van der Waals surface area contributed by atoms with Crippen LogP contribution in [0.25, 0.3) is 0 Å². The van der Waals surface area contributed by atoms with Gasteiger partial charge in [0.2, 0.25) is 5.95 Å². The summed E-state index contributed by atoms with van der Waals surface area (Å²) >= 11 is 7.92. The van der Waals surface area contributed by atoms with E-state index in [2.05, 4.69) is 43.0 Å². The van der Waals surface area contributed by atoms with Gasteiger partial charge in [-0.05, 0) is 90.9 Å². The number of aryl methyl sites for hydroxylation is 2. The normalized spacial score (nSPS) is 14.6. The Balaban J connectivity index is 0.000000376. The fraction of sp³-hybridized carbons (Fsp3) is 0.333. The van der Waals surface area contributed by atoms with Gasteiger partial charge in [-0.3, -0.25) is 19.9 Å². The predicted octanol–water partition coefficient (Wildman–Crippen LogP) is 8.13. The van der Waals surface area contributed by atoms with Gasteiger partial charge in [-0.1, -0.05) is 11.6 Å². The van der Waals surface area contributed by atoms with E-state index >= 15 is 0 Å². The van der Waals surface area contributed by atoms with Crippen molar-refractivity contribution in [2.75, 3.05) is 35.6 Å². The van der Waals surface area contributed by atoms with Gasteiger partial charge in [-0.2, -0.15) is 31.3 Å². The van der Waals surface area contributed by atoms with Crippen LogP contribution < -0.4 is 20.7 Å². The quantitative estimate of drug-likeness (QED) is 0.131. The number of aromatic nitrogens is 3. The number of pyridine rings is 1. The molecule has 6 rings (SSSR count). The monoisotopic (exact) mass is 769 g/mol. The lowest BCUT2D eigenvalue weighted by Gasteiger charge is -2.31. The van der Waals surface area contributed by atoms with Gasteiger partial charge < -0.3 is 20.3 Å². The molecule has 0 radical (unpaired) electrons. The maximum Gasteiger partial charge on any atom is 0.458 e. The zero-order valence-electron chi connectivity index (χ0n) is 27.0. The van der Waals surface area contributed by atoms with Gasteiger partial charge in [0.1, 0.15) is 10.8 Å². The van der Waals surface area contributed by atoms with Crippen LogP contribution in [0, 0.1) is 5.92 Å². The number of ketones is 2. The maximum atomic E-state index is 12.5. The Hall–Kier alpha value is -4.97. The van der Waals surface area contributed by atoms with Crippen molar-refractivity contribution in [1.29, 1.82) is 0 Å². The van der Waals surface area contributed by atoms with E-state index in [0.717, 1.165) is 78.4 Å². The number of urea groups is 1. The Morgan fingerprint density at radius 2 is 1.67 bits per heavy atom. The van der Waals surface area contributed by atoms with E-state index in [0.29, 0.717) is 29.3 Å². The summed E-state index contributed by atoms with van der Waals surface area (Å²) in [5.41, 5.74) is 3.92. The molecule has 276 valence electrons. The standard InChI is InChI=1S/C29H30ClN7O2S.C4F6O2/c30-24-18-32-28-34-23-14-20(16-31-17-23)3-4-21-15-22(33-27(24)36-28)5-6-25(21)39-12-9-19-7-10-37(11-8-19)29(38)35-26-2-1-13-40-26;5-3(6,7)1(11)2(12)4(8,9)10/h1-2,5-6,13-19H,3-4,7-12H2,(H,35,38)(H2,32,33,34,36);. The van der Waals surface area contributed by atoms with Crippen LogP contribution in [0.3, 0.4) is 0 Å². The molecule has 1 saturated heterocycles. The number of carbonyl (C=O) groups excluding carboxylic acids is 3. The third-order valence-corrected chi connectivity index (χ3v) is 9.02. The van der Waals surface area contributed by atoms with Gasteiger partial charge >= 0.3 is 30.0 Å². The minimum absolute atomic E-state index is 0.0122. The molecule has 4 aromatic rings. The van der Waals surface area contributed by atoms with Gasteiger partial charge in [0.25, 0.3) is 0 Å². The van der Waals surface area contributed by atoms with E-state index in [1.165, 1.54) is 11.3 Å². The van der Waals surface area contributed by atoms with E-state index in [9.17, 15) is 40.7 Å². The van der Waals surface area contributed by atoms with Crippen LogP contribution in [-0.2, 0) is 22.4 Å². The number of hydrogen-bond donors (Lipinski definition) is 3. The first kappa shape index (κ1) is 38.3. The number of nitrogens with one attached hydrogen (secondary N) is 3. The number of carbonyl (C=O) groups is 3. The number of nitrogens with zero attached hydrogens (tertiary/aromatic N) is 4. The van der Waals surface area contributed by atoms with Gasteiger partial charge in [0.05, 0.1) is 29.7 Å². The number of rotatable bonds is 6. The van der Waals surface area contributed by atoms with Crippen molar-refractivity contribution in [1.82, 2.24) is 19.9 Å². The molecule has 3 N–H and O–H groups in total. The van der Waals surface area contributed by atoms with Crippen molar-refractivity contribution in [3.8, 4) is 5.75 Å². The second-order valence-corrected chi connectivity index (χ2v) is 13.0. The lowest BCUT2D eigenvalue weighted by atomic mass is 9.94. The molecule has 0 aliphatic carbocycles. The highest BCUT2D eigenvalue weighted by Crippen LogP contribution is 2.31. The Morgan fingerprint density at radius 1 is 0.942 bits per heavy atom. The number of thiophene rings is 1. The fourth-order valence-electron chi connectivity index (χ4n) is 5.30. The van der Waals surface area contributed by atoms with Crippen molar-refractivity contribution in [3.05, 3.63) is 76.5 Å². The Kier molecular flexibility index (Phi) is 12.2. The van der Waals surface area contributed by atoms with Crippen LogP contribution in [0.5, 0.6) is 5.75 Å². The second kappa shape index (κ2) is 16.6. The number of benzene rings is 1. The summed E-state index contributed by atoms with van der Waals surface area (Å²) in [7, 11) is 0. The predicted molar refractivity (Wildman–Crippen MR) is 182 cm³/mol. The summed E-state index contributed by atoms with van der Waals surface area (Å²) in [4.78, 5) is 46.9. The first-order valence-electron chi connectivity index (χ1n) is 15.7. The molecule has 1 aromatic carbocycles. The zero-order valence-corrected chi connectivity index (χ0v) is 28.6. The SMILES string of the molecule is O=C(C(=O)C(F)(F)F)C(F)(F)F.O=C(Nc1cccs1)N1CCC(CCOc2ccc3cc2CCc2cncc(c2)Nc2ncc(Cl)c(n2)N3)CC1. The van der Waals surface area contributed by atoms with Crippen LogP contribution in [0.4, 0.5) is 59.3 Å². The largest absolute Gasteiger partial charge is 0.493 e. The third-order valence-electron chi connectivity index (χ3n) is 7.96. The number of ether oxygens (including phenoxy) is 1. The molecule has 2 aliphatic rings. The third kappa shape index (κ3) is 10.5. The van der Waals surface area contributed by atoms with E-state index in [1.54, 1.807) is 12.4 Å². The van der Waals surface area contributed by atoms with Crippen molar-refractivity contribution in [2.24, 2.45) is 5.92 Å². The van der Waals surface area contributed by atoms with Gasteiger partial charge in [0.15, 0.2) is 5.82 Å². The molecule has 5 heterocycles. The maximum absolute atomic E-state index is 12.5. The van der Waals surface area contributed by atoms with Gasteiger partial charge in [0, 0.05) is 25.0 Å². The number of fused-ring (bicyclic) bond motifs is 6. The van der Waals surface area contributed by atoms with Gasteiger partial charge in [-0.15, -0.1) is 11.3 Å². The van der Waals surface area contributed by atoms with E-state index in [1.807, 2.05) is 40.7 Å². The minimum Gasteiger partial charge on any atom is -0.493 e. The number of Topliss-reactive ketones (excluding diaryl/α,β-unsaturated/α-hetero) is 2. The molecule has 19 heteroatoms. The van der Waals surface area contributed by atoms with Crippen molar-refractivity contribution in [2.45, 2.75) is 44.5 Å². The molecular formula is C33H30ClF6N7O4S. The molecule has 2 aliphatic heterocycles. The lowest BCUT2D eigenvalue weighted by molar-refractivity contribution is -0.193. The zero-order chi connectivity index (χ0) is 37.5. The van der Waals surface area contributed by atoms with E-state index < -0.39 is 23.9 Å². The van der Waals surface area contributed by atoms with Crippen LogP contribution in [-0.4, -0.2) is 69.5 Å². The average molecular weight is 770 g/mol. The molecule has 52 heavy (non-hydrogen) atoms. The number of halogens is 7. The summed E-state index contributed by atoms with van der Waals surface area (Å²) in [5.74, 6) is -4.43. The molecular weight excluding hydrogens is 740 g/mol. The molecule has 0 spiro atoms. The summed E-state index contributed by atoms with van der Waals surface area (Å²) in [6, 6.07) is 12.0. The molecule has 0 saturated carbocycles. The smallest absolute Gasteiger partial charge is 0.458 e. The Morgan fingerprint density at radius 3 is 2.35 bits per heavy atom. The number of likely N-dealkylation sites (tertiary alicyclic amines) is 1. The van der Waals surface area contributed by atoms with Crippen molar-refractivity contribution < 1.29 is 45.5 Å². The first-order chi connectivity index (χ1) is 24.7. The highest BCUT2D eigenvalue weighted by Gasteiger charge is 2.54. The van der Waals surface area contributed by atoms with Crippen LogP contribution in [0.15, 0.2) is 60.4 Å². The number of alkyl halides is 6. The molecule has 0 unspecified atom stereocenters. The Bertz CT molecular complexity index is 1860. The topological polar surface area (TPSA) is 138 Å². The van der Waals surface area contributed by atoms with Crippen LogP contribution in [0.1, 0.15) is 30.4 Å². The molecule has 6 bridgehead atoms. The average Bonchev–Trinajstić information content (AvgIpc) is 3.61. The minimum atomic E-state index is -5.77. The Labute approximate surface area is 301 Å². The molecule has 2 amide bonds. The highest BCUT2D eigenvalue weighted by atomic mass is 35.5. The summed E-state index contributed by atoms with van der Waals surface area (Å²) < 4.78 is 73.3. The number of anilines is 5.